The number of benzene rings is 1. The van der Waals surface area contributed by atoms with Gasteiger partial charge < -0.3 is 11.1 Å². The summed E-state index contributed by atoms with van der Waals surface area (Å²) < 4.78 is 0. The molecule has 3 N–H and O–H groups in total. The standard InChI is InChI=1S/C11H12N4O2S/c12-9-7-8(15(16)17)1-2-10(9)13-4-3-11-14-5-6-18-11/h1-2,5-7,13H,3-4,12H2. The number of aromatic nitrogens is 1. The fraction of sp³-hybridized carbons (Fsp3) is 0.182. The van der Waals surface area contributed by atoms with Crippen LogP contribution in [-0.4, -0.2) is 16.5 Å². The Morgan fingerprint density at radius 1 is 1.50 bits per heavy atom. The molecule has 94 valence electrons. The van der Waals surface area contributed by atoms with Crippen LogP contribution in [0.1, 0.15) is 5.01 Å². The molecule has 0 saturated carbocycles. The first-order valence-corrected chi connectivity index (χ1v) is 6.21. The molecule has 0 aliphatic heterocycles. The van der Waals surface area contributed by atoms with E-state index in [9.17, 15) is 10.1 Å². The summed E-state index contributed by atoms with van der Waals surface area (Å²) in [6.07, 6.45) is 2.56. The fourth-order valence-corrected chi connectivity index (χ4v) is 2.13. The monoisotopic (exact) mass is 264 g/mol. The predicted molar refractivity (Wildman–Crippen MR) is 71.8 cm³/mol. The molecule has 18 heavy (non-hydrogen) atoms. The van der Waals surface area contributed by atoms with E-state index in [1.807, 2.05) is 5.38 Å². The summed E-state index contributed by atoms with van der Waals surface area (Å²) in [5.41, 5.74) is 6.82. The quantitative estimate of drug-likeness (QED) is 0.491. The number of nitrogen functional groups attached to an aromatic ring is 1. The Hall–Kier alpha value is -2.15. The SMILES string of the molecule is Nc1cc([N+](=O)[O-])ccc1NCCc1nccs1. The lowest BCUT2D eigenvalue weighted by atomic mass is 10.2. The minimum absolute atomic E-state index is 0.00188. The van der Waals surface area contributed by atoms with Crippen LogP contribution >= 0.6 is 11.3 Å². The molecule has 0 fully saturated rings. The lowest BCUT2D eigenvalue weighted by molar-refractivity contribution is -0.384. The van der Waals surface area contributed by atoms with Crippen molar-refractivity contribution >= 4 is 28.4 Å². The highest BCUT2D eigenvalue weighted by atomic mass is 32.1. The molecule has 0 spiro atoms. The Kier molecular flexibility index (Phi) is 3.73. The molecule has 6 nitrogen and oxygen atoms in total. The number of anilines is 2. The zero-order valence-electron chi connectivity index (χ0n) is 9.50. The number of nitro benzene ring substituents is 1. The zero-order chi connectivity index (χ0) is 13.0. The third-order valence-electron chi connectivity index (χ3n) is 2.38. The van der Waals surface area contributed by atoms with Crippen LogP contribution in [0.2, 0.25) is 0 Å². The molecule has 0 atom stereocenters. The largest absolute Gasteiger partial charge is 0.397 e. The first-order valence-electron chi connectivity index (χ1n) is 5.33. The maximum absolute atomic E-state index is 10.6. The summed E-state index contributed by atoms with van der Waals surface area (Å²) in [6, 6.07) is 4.41. The number of nitro groups is 1. The van der Waals surface area contributed by atoms with Crippen molar-refractivity contribution in [2.45, 2.75) is 6.42 Å². The molecule has 0 aliphatic rings. The summed E-state index contributed by atoms with van der Waals surface area (Å²) in [5.74, 6) is 0. The van der Waals surface area contributed by atoms with E-state index < -0.39 is 4.92 Å². The van der Waals surface area contributed by atoms with E-state index in [2.05, 4.69) is 10.3 Å². The van der Waals surface area contributed by atoms with Gasteiger partial charge in [0, 0.05) is 36.7 Å². The maximum Gasteiger partial charge on any atom is 0.271 e. The van der Waals surface area contributed by atoms with E-state index in [1.165, 1.54) is 12.1 Å². The summed E-state index contributed by atoms with van der Waals surface area (Å²) in [7, 11) is 0. The van der Waals surface area contributed by atoms with Crippen molar-refractivity contribution < 1.29 is 4.92 Å². The van der Waals surface area contributed by atoms with Gasteiger partial charge in [0.1, 0.15) is 0 Å². The third-order valence-corrected chi connectivity index (χ3v) is 3.22. The van der Waals surface area contributed by atoms with E-state index in [4.69, 9.17) is 5.73 Å². The number of hydrogen-bond acceptors (Lipinski definition) is 6. The van der Waals surface area contributed by atoms with Crippen LogP contribution < -0.4 is 11.1 Å². The number of thiazole rings is 1. The summed E-state index contributed by atoms with van der Waals surface area (Å²) in [4.78, 5) is 14.3. The van der Waals surface area contributed by atoms with Crippen LogP contribution in [0.3, 0.4) is 0 Å². The van der Waals surface area contributed by atoms with Gasteiger partial charge in [-0.25, -0.2) is 4.98 Å². The average molecular weight is 264 g/mol. The van der Waals surface area contributed by atoms with Gasteiger partial charge in [-0.3, -0.25) is 10.1 Å². The second-order valence-corrected chi connectivity index (χ2v) is 4.61. The number of nitrogens with zero attached hydrogens (tertiary/aromatic N) is 2. The van der Waals surface area contributed by atoms with Gasteiger partial charge in [-0.2, -0.15) is 0 Å². The van der Waals surface area contributed by atoms with E-state index in [1.54, 1.807) is 23.6 Å². The highest BCUT2D eigenvalue weighted by Gasteiger charge is 2.08. The number of hydrogen-bond donors (Lipinski definition) is 2. The molecule has 1 aromatic carbocycles. The van der Waals surface area contributed by atoms with E-state index in [0.717, 1.165) is 11.4 Å². The van der Waals surface area contributed by atoms with Gasteiger partial charge in [0.15, 0.2) is 0 Å². The molecule has 0 unspecified atom stereocenters. The molecule has 2 aromatic rings. The molecule has 2 rings (SSSR count). The predicted octanol–water partition coefficient (Wildman–Crippen LogP) is 2.29. The molecular formula is C11H12N4O2S. The maximum atomic E-state index is 10.6. The number of nitrogens with one attached hydrogen (secondary N) is 1. The molecule has 1 heterocycles. The van der Waals surface area contributed by atoms with Crippen LogP contribution in [0.25, 0.3) is 0 Å². The molecular weight excluding hydrogens is 252 g/mol. The highest BCUT2D eigenvalue weighted by Crippen LogP contribution is 2.23. The van der Waals surface area contributed by atoms with Crippen LogP contribution in [-0.2, 0) is 6.42 Å². The third kappa shape index (κ3) is 2.95. The number of nitrogens with two attached hydrogens (primary N) is 1. The first kappa shape index (κ1) is 12.3. The Morgan fingerprint density at radius 3 is 2.94 bits per heavy atom. The van der Waals surface area contributed by atoms with Gasteiger partial charge in [-0.15, -0.1) is 11.3 Å². The second-order valence-electron chi connectivity index (χ2n) is 3.63. The summed E-state index contributed by atoms with van der Waals surface area (Å²) in [5, 5.41) is 16.7. The van der Waals surface area contributed by atoms with Gasteiger partial charge in [-0.05, 0) is 6.07 Å². The Labute approximate surface area is 108 Å². The molecule has 1 aromatic heterocycles. The van der Waals surface area contributed by atoms with Crippen LogP contribution in [0, 0.1) is 10.1 Å². The van der Waals surface area contributed by atoms with Crippen LogP contribution in [0.15, 0.2) is 29.8 Å². The van der Waals surface area contributed by atoms with E-state index >= 15 is 0 Å². The first-order chi connectivity index (χ1) is 8.66. The van der Waals surface area contributed by atoms with Crippen LogP contribution in [0.5, 0.6) is 0 Å². The lowest BCUT2D eigenvalue weighted by Crippen LogP contribution is -2.07. The Morgan fingerprint density at radius 2 is 2.33 bits per heavy atom. The van der Waals surface area contributed by atoms with Gasteiger partial charge in [-0.1, -0.05) is 0 Å². The van der Waals surface area contributed by atoms with Gasteiger partial charge >= 0.3 is 0 Å². The molecule has 0 saturated heterocycles. The molecule has 0 aliphatic carbocycles. The van der Waals surface area contributed by atoms with E-state index in [0.29, 0.717) is 17.9 Å². The van der Waals surface area contributed by atoms with Gasteiger partial charge in [0.2, 0.25) is 0 Å². The van der Waals surface area contributed by atoms with Crippen molar-refractivity contribution in [3.05, 3.63) is 44.9 Å². The molecule has 0 bridgehead atoms. The number of rotatable bonds is 5. The van der Waals surface area contributed by atoms with Gasteiger partial charge in [0.05, 0.1) is 21.3 Å². The zero-order valence-corrected chi connectivity index (χ0v) is 10.3. The molecule has 7 heteroatoms. The van der Waals surface area contributed by atoms with Crippen molar-refractivity contribution in [3.8, 4) is 0 Å². The highest BCUT2D eigenvalue weighted by molar-refractivity contribution is 7.09. The minimum Gasteiger partial charge on any atom is -0.397 e. The normalized spacial score (nSPS) is 10.2. The van der Waals surface area contributed by atoms with Crippen molar-refractivity contribution in [1.82, 2.24) is 4.98 Å². The van der Waals surface area contributed by atoms with Crippen molar-refractivity contribution in [2.75, 3.05) is 17.6 Å². The number of non-ortho nitro benzene ring substituents is 1. The van der Waals surface area contributed by atoms with Gasteiger partial charge in [0.25, 0.3) is 5.69 Å². The molecule has 0 radical (unpaired) electrons. The summed E-state index contributed by atoms with van der Waals surface area (Å²) in [6.45, 7) is 0.690. The summed E-state index contributed by atoms with van der Waals surface area (Å²) >= 11 is 1.60. The molecule has 0 amide bonds. The average Bonchev–Trinajstić information content (AvgIpc) is 2.84. The van der Waals surface area contributed by atoms with Crippen LogP contribution in [0.4, 0.5) is 17.1 Å². The van der Waals surface area contributed by atoms with Crippen molar-refractivity contribution in [1.29, 1.82) is 0 Å². The Balaban J connectivity index is 1.95. The van der Waals surface area contributed by atoms with E-state index in [-0.39, 0.29) is 5.69 Å². The topological polar surface area (TPSA) is 94.1 Å². The second kappa shape index (κ2) is 5.46. The smallest absolute Gasteiger partial charge is 0.271 e. The fourth-order valence-electron chi connectivity index (χ4n) is 1.51. The minimum atomic E-state index is -0.463. The van der Waals surface area contributed by atoms with Crippen molar-refractivity contribution in [2.24, 2.45) is 0 Å². The lowest BCUT2D eigenvalue weighted by Gasteiger charge is -2.07. The Bertz CT molecular complexity index is 542. The van der Waals surface area contributed by atoms with Crippen molar-refractivity contribution in [3.63, 3.8) is 0 Å².